The fourth-order valence-corrected chi connectivity index (χ4v) is 1.88. The van der Waals surface area contributed by atoms with E-state index in [1.165, 1.54) is 12.1 Å². The van der Waals surface area contributed by atoms with Crippen LogP contribution in [0.2, 0.25) is 0 Å². The van der Waals surface area contributed by atoms with E-state index < -0.39 is 5.97 Å². The summed E-state index contributed by atoms with van der Waals surface area (Å²) in [6, 6.07) is 6.44. The quantitative estimate of drug-likeness (QED) is 0.859. The molecule has 0 heterocycles. The molecule has 1 aliphatic rings. The van der Waals surface area contributed by atoms with Gasteiger partial charge in [0.2, 0.25) is 0 Å². The summed E-state index contributed by atoms with van der Waals surface area (Å²) in [6.45, 7) is 2.60. The van der Waals surface area contributed by atoms with E-state index in [0.717, 1.165) is 12.8 Å². The number of carbonyl (C=O) groups is 2. The highest BCUT2D eigenvalue weighted by Crippen LogP contribution is 2.27. The molecule has 0 spiro atoms. The van der Waals surface area contributed by atoms with Gasteiger partial charge in [-0.25, -0.2) is 9.59 Å². The first-order valence-corrected chi connectivity index (χ1v) is 6.02. The van der Waals surface area contributed by atoms with Crippen molar-refractivity contribution in [1.82, 2.24) is 4.90 Å². The highest BCUT2D eigenvalue weighted by atomic mass is 16.4. The van der Waals surface area contributed by atoms with E-state index in [1.54, 1.807) is 17.0 Å². The zero-order valence-electron chi connectivity index (χ0n) is 10.2. The van der Waals surface area contributed by atoms with Crippen molar-refractivity contribution in [2.75, 3.05) is 11.9 Å². The fraction of sp³-hybridized carbons (Fsp3) is 0.385. The summed E-state index contributed by atoms with van der Waals surface area (Å²) in [5.41, 5.74) is 0.682. The normalized spacial score (nSPS) is 14.1. The van der Waals surface area contributed by atoms with Gasteiger partial charge in [0.15, 0.2) is 0 Å². The minimum absolute atomic E-state index is 0.164. The maximum atomic E-state index is 12.0. The van der Waals surface area contributed by atoms with Crippen molar-refractivity contribution in [1.29, 1.82) is 0 Å². The highest BCUT2D eigenvalue weighted by molar-refractivity contribution is 5.93. The van der Waals surface area contributed by atoms with Gasteiger partial charge in [0.05, 0.1) is 5.56 Å². The number of anilines is 1. The van der Waals surface area contributed by atoms with Crippen LogP contribution in [0.15, 0.2) is 24.3 Å². The van der Waals surface area contributed by atoms with Crippen molar-refractivity contribution < 1.29 is 14.7 Å². The molecule has 1 fully saturated rings. The Morgan fingerprint density at radius 3 is 2.72 bits per heavy atom. The largest absolute Gasteiger partial charge is 0.478 e. The first-order valence-electron chi connectivity index (χ1n) is 6.02. The Morgan fingerprint density at radius 1 is 1.44 bits per heavy atom. The summed E-state index contributed by atoms with van der Waals surface area (Å²) in [5.74, 6) is -0.999. The summed E-state index contributed by atoms with van der Waals surface area (Å²) in [6.07, 6.45) is 2.10. The predicted octanol–water partition coefficient (Wildman–Crippen LogP) is 2.40. The molecule has 96 valence electrons. The second-order valence-electron chi connectivity index (χ2n) is 4.33. The maximum absolute atomic E-state index is 12.0. The molecule has 1 aromatic rings. The molecule has 5 nitrogen and oxygen atoms in total. The number of hydrogen-bond donors (Lipinski definition) is 2. The summed E-state index contributed by atoms with van der Waals surface area (Å²) in [4.78, 5) is 24.6. The molecule has 0 aliphatic heterocycles. The standard InChI is InChI=1S/C13H16N2O3/c1-2-15(11-6-7-11)13(18)14-10-5-3-4-9(8-10)12(16)17/h3-5,8,11H,2,6-7H2,1H3,(H,14,18)(H,16,17). The molecule has 2 N–H and O–H groups in total. The van der Waals surface area contributed by atoms with E-state index in [-0.39, 0.29) is 11.6 Å². The van der Waals surface area contributed by atoms with Crippen molar-refractivity contribution in [3.63, 3.8) is 0 Å². The minimum atomic E-state index is -0.999. The van der Waals surface area contributed by atoms with Crippen LogP contribution in [0.4, 0.5) is 10.5 Å². The molecule has 0 saturated heterocycles. The fourth-order valence-electron chi connectivity index (χ4n) is 1.88. The average molecular weight is 248 g/mol. The van der Waals surface area contributed by atoms with E-state index >= 15 is 0 Å². The zero-order chi connectivity index (χ0) is 13.1. The predicted molar refractivity (Wildman–Crippen MR) is 67.8 cm³/mol. The van der Waals surface area contributed by atoms with Gasteiger partial charge in [-0.15, -0.1) is 0 Å². The van der Waals surface area contributed by atoms with Gasteiger partial charge in [-0.3, -0.25) is 0 Å². The van der Waals surface area contributed by atoms with Crippen LogP contribution >= 0.6 is 0 Å². The Bertz CT molecular complexity index is 469. The zero-order valence-corrected chi connectivity index (χ0v) is 10.2. The number of rotatable bonds is 4. The molecule has 0 bridgehead atoms. The number of carboxylic acids is 1. The van der Waals surface area contributed by atoms with Crippen LogP contribution < -0.4 is 5.32 Å². The summed E-state index contributed by atoms with van der Waals surface area (Å²) in [5, 5.41) is 11.6. The lowest BCUT2D eigenvalue weighted by atomic mass is 10.2. The van der Waals surface area contributed by atoms with E-state index in [0.29, 0.717) is 18.3 Å². The van der Waals surface area contributed by atoms with E-state index in [9.17, 15) is 9.59 Å². The van der Waals surface area contributed by atoms with Gasteiger partial charge in [-0.1, -0.05) is 6.07 Å². The third-order valence-corrected chi connectivity index (χ3v) is 2.95. The molecule has 0 aromatic heterocycles. The minimum Gasteiger partial charge on any atom is -0.478 e. The molecule has 2 amide bonds. The molecular weight excluding hydrogens is 232 g/mol. The number of benzene rings is 1. The Hall–Kier alpha value is -2.04. The average Bonchev–Trinajstić information content (AvgIpc) is 3.14. The number of aromatic carboxylic acids is 1. The lowest BCUT2D eigenvalue weighted by Crippen LogP contribution is -2.36. The van der Waals surface area contributed by atoms with Crippen molar-refractivity contribution in [3.8, 4) is 0 Å². The molecule has 1 aromatic carbocycles. The van der Waals surface area contributed by atoms with Crippen molar-refractivity contribution in [3.05, 3.63) is 29.8 Å². The number of urea groups is 1. The van der Waals surface area contributed by atoms with Crippen molar-refractivity contribution in [2.24, 2.45) is 0 Å². The number of nitrogens with zero attached hydrogens (tertiary/aromatic N) is 1. The SMILES string of the molecule is CCN(C(=O)Nc1cccc(C(=O)O)c1)C1CC1. The van der Waals surface area contributed by atoms with Crippen molar-refractivity contribution >= 4 is 17.7 Å². The number of carboxylic acid groups (broad SMARTS) is 1. The maximum Gasteiger partial charge on any atom is 0.335 e. The van der Waals surface area contributed by atoms with Gasteiger partial charge < -0.3 is 15.3 Å². The van der Waals surface area contributed by atoms with Crippen LogP contribution in [0.5, 0.6) is 0 Å². The third-order valence-electron chi connectivity index (χ3n) is 2.95. The van der Waals surface area contributed by atoms with Gasteiger partial charge in [0, 0.05) is 18.3 Å². The van der Waals surface area contributed by atoms with Gasteiger partial charge in [0.1, 0.15) is 0 Å². The van der Waals surface area contributed by atoms with Crippen LogP contribution in [-0.4, -0.2) is 34.6 Å². The Morgan fingerprint density at radius 2 is 2.17 bits per heavy atom. The molecule has 0 radical (unpaired) electrons. The number of carbonyl (C=O) groups excluding carboxylic acids is 1. The molecule has 1 aliphatic carbocycles. The molecule has 18 heavy (non-hydrogen) atoms. The Labute approximate surface area is 105 Å². The monoisotopic (exact) mass is 248 g/mol. The van der Waals surface area contributed by atoms with Gasteiger partial charge in [0.25, 0.3) is 0 Å². The topological polar surface area (TPSA) is 69.6 Å². The van der Waals surface area contributed by atoms with E-state index in [1.807, 2.05) is 6.92 Å². The van der Waals surface area contributed by atoms with Crippen LogP contribution in [0.3, 0.4) is 0 Å². The molecule has 2 rings (SSSR count). The Balaban J connectivity index is 2.06. The highest BCUT2D eigenvalue weighted by Gasteiger charge is 2.31. The Kier molecular flexibility index (Phi) is 3.50. The van der Waals surface area contributed by atoms with E-state index in [4.69, 9.17) is 5.11 Å². The first kappa shape index (κ1) is 12.4. The number of hydrogen-bond acceptors (Lipinski definition) is 2. The van der Waals surface area contributed by atoms with Gasteiger partial charge in [-0.2, -0.15) is 0 Å². The van der Waals surface area contributed by atoms with E-state index in [2.05, 4.69) is 5.32 Å². The van der Waals surface area contributed by atoms with Gasteiger partial charge in [-0.05, 0) is 38.0 Å². The van der Waals surface area contributed by atoms with Crippen LogP contribution in [-0.2, 0) is 0 Å². The summed E-state index contributed by atoms with van der Waals surface area (Å²) >= 11 is 0. The lowest BCUT2D eigenvalue weighted by molar-refractivity contribution is 0.0697. The van der Waals surface area contributed by atoms with Gasteiger partial charge >= 0.3 is 12.0 Å². The van der Waals surface area contributed by atoms with Crippen LogP contribution in [0.25, 0.3) is 0 Å². The third kappa shape index (κ3) is 2.80. The summed E-state index contributed by atoms with van der Waals surface area (Å²) < 4.78 is 0. The number of amides is 2. The van der Waals surface area contributed by atoms with Crippen LogP contribution in [0.1, 0.15) is 30.1 Å². The van der Waals surface area contributed by atoms with Crippen LogP contribution in [0, 0.1) is 0 Å². The molecule has 0 unspecified atom stereocenters. The molecule has 5 heteroatoms. The molecular formula is C13H16N2O3. The number of nitrogens with one attached hydrogen (secondary N) is 1. The molecule has 1 saturated carbocycles. The lowest BCUT2D eigenvalue weighted by Gasteiger charge is -2.20. The second-order valence-corrected chi connectivity index (χ2v) is 4.33. The molecule has 0 atom stereocenters. The first-order chi connectivity index (χ1) is 8.61. The smallest absolute Gasteiger partial charge is 0.335 e. The summed E-state index contributed by atoms with van der Waals surface area (Å²) in [7, 11) is 0. The second kappa shape index (κ2) is 5.08. The van der Waals surface area contributed by atoms with Crippen molar-refractivity contribution in [2.45, 2.75) is 25.8 Å².